The van der Waals surface area contributed by atoms with Gasteiger partial charge in [0.2, 0.25) is 5.91 Å². The Kier molecular flexibility index (Phi) is 6.10. The number of amides is 1. The van der Waals surface area contributed by atoms with Gasteiger partial charge in [0.1, 0.15) is 11.6 Å². The van der Waals surface area contributed by atoms with Crippen LogP contribution in [-0.2, 0) is 4.79 Å². The summed E-state index contributed by atoms with van der Waals surface area (Å²) in [5.41, 5.74) is 12.4. The molecule has 2 heterocycles. The number of aromatic nitrogens is 1. The molecule has 0 spiro atoms. The molecule has 2 bridgehead atoms. The summed E-state index contributed by atoms with van der Waals surface area (Å²) < 4.78 is 27.9. The number of benzene rings is 3. The van der Waals surface area contributed by atoms with Crippen LogP contribution in [0.4, 0.5) is 20.2 Å². The maximum Gasteiger partial charge on any atom is 0.224 e. The summed E-state index contributed by atoms with van der Waals surface area (Å²) >= 11 is 0. The molecule has 0 saturated carbocycles. The summed E-state index contributed by atoms with van der Waals surface area (Å²) in [4.78, 5) is 17.1. The molecule has 174 valence electrons. The third kappa shape index (κ3) is 4.82. The highest BCUT2D eigenvalue weighted by atomic mass is 19.1. The van der Waals surface area contributed by atoms with Gasteiger partial charge in [-0.15, -0.1) is 0 Å². The van der Waals surface area contributed by atoms with E-state index in [9.17, 15) is 13.6 Å². The van der Waals surface area contributed by atoms with Gasteiger partial charge in [-0.05, 0) is 72.5 Å². The molecular weight excluding hydrogens is 444 g/mol. The second kappa shape index (κ2) is 9.50. The molecule has 35 heavy (non-hydrogen) atoms. The van der Waals surface area contributed by atoms with Crippen molar-refractivity contribution < 1.29 is 13.6 Å². The van der Waals surface area contributed by atoms with Crippen molar-refractivity contribution in [1.82, 2.24) is 4.98 Å². The minimum absolute atomic E-state index is 0.111. The molecule has 0 fully saturated rings. The van der Waals surface area contributed by atoms with Crippen LogP contribution in [0.2, 0.25) is 0 Å². The molecule has 0 unspecified atom stereocenters. The number of allylic oxidation sites excluding steroid dienone is 1. The molecule has 1 aromatic heterocycles. The smallest absolute Gasteiger partial charge is 0.224 e. The summed E-state index contributed by atoms with van der Waals surface area (Å²) in [6.45, 7) is 0. The summed E-state index contributed by atoms with van der Waals surface area (Å²) in [5, 5.41) is 2.91. The van der Waals surface area contributed by atoms with Crippen molar-refractivity contribution >= 4 is 22.9 Å². The molecule has 6 heteroatoms. The Morgan fingerprint density at radius 2 is 1.60 bits per heavy atom. The Labute approximate surface area is 202 Å². The van der Waals surface area contributed by atoms with Crippen LogP contribution in [-0.4, -0.2) is 10.9 Å². The van der Waals surface area contributed by atoms with Gasteiger partial charge in [0.05, 0.1) is 5.69 Å². The van der Waals surface area contributed by atoms with Gasteiger partial charge in [-0.2, -0.15) is 0 Å². The lowest BCUT2D eigenvalue weighted by atomic mass is 9.94. The molecule has 0 saturated heterocycles. The van der Waals surface area contributed by atoms with Crippen LogP contribution in [0.5, 0.6) is 0 Å². The van der Waals surface area contributed by atoms with E-state index >= 15 is 0 Å². The molecule has 0 radical (unpaired) electrons. The average molecular weight is 468 g/mol. The van der Waals surface area contributed by atoms with E-state index in [1.165, 1.54) is 30.3 Å². The summed E-state index contributed by atoms with van der Waals surface area (Å²) in [6.07, 6.45) is 5.44. The van der Waals surface area contributed by atoms with Crippen molar-refractivity contribution in [2.75, 3.05) is 11.1 Å². The second-order valence-electron chi connectivity index (χ2n) is 8.49. The Hall–Kier alpha value is -4.32. The second-order valence-corrected chi connectivity index (χ2v) is 8.49. The van der Waals surface area contributed by atoms with E-state index in [1.807, 2.05) is 36.4 Å². The molecular formula is C29H23F2N3O. The molecule has 5 rings (SSSR count). The number of fused-ring (bicyclic) bond motifs is 4. The summed E-state index contributed by atoms with van der Waals surface area (Å²) in [5.74, 6) is -0.849. The molecule has 0 atom stereocenters. The number of nitrogens with two attached hydrogens (primary N) is 1. The first-order valence-corrected chi connectivity index (χ1v) is 11.4. The van der Waals surface area contributed by atoms with E-state index in [0.29, 0.717) is 47.3 Å². The van der Waals surface area contributed by atoms with Crippen molar-refractivity contribution in [2.24, 2.45) is 0 Å². The van der Waals surface area contributed by atoms with Crippen LogP contribution in [0.25, 0.3) is 27.8 Å². The Morgan fingerprint density at radius 3 is 2.40 bits per heavy atom. The zero-order valence-electron chi connectivity index (χ0n) is 18.9. The summed E-state index contributed by atoms with van der Waals surface area (Å²) in [6, 6.07) is 20.1. The molecule has 3 aromatic carbocycles. The highest BCUT2D eigenvalue weighted by molar-refractivity contribution is 5.96. The largest absolute Gasteiger partial charge is 0.398 e. The van der Waals surface area contributed by atoms with Gasteiger partial charge in [0.25, 0.3) is 0 Å². The van der Waals surface area contributed by atoms with Crippen LogP contribution in [0.15, 0.2) is 85.1 Å². The lowest BCUT2D eigenvalue weighted by Gasteiger charge is -2.15. The Bertz CT molecular complexity index is 1450. The van der Waals surface area contributed by atoms with E-state index < -0.39 is 0 Å². The molecule has 4 nitrogen and oxygen atoms in total. The zero-order valence-corrected chi connectivity index (χ0v) is 18.9. The highest BCUT2D eigenvalue weighted by Gasteiger charge is 2.15. The lowest BCUT2D eigenvalue weighted by molar-refractivity contribution is -0.116. The third-order valence-corrected chi connectivity index (χ3v) is 6.06. The monoisotopic (exact) mass is 467 g/mol. The number of nitrogen functional groups attached to an aromatic ring is 1. The van der Waals surface area contributed by atoms with Crippen molar-refractivity contribution in [3.05, 3.63) is 108 Å². The maximum absolute atomic E-state index is 14.1. The van der Waals surface area contributed by atoms with E-state index in [1.54, 1.807) is 12.3 Å². The minimum Gasteiger partial charge on any atom is -0.398 e. The predicted molar refractivity (Wildman–Crippen MR) is 135 cm³/mol. The van der Waals surface area contributed by atoms with Gasteiger partial charge < -0.3 is 11.1 Å². The number of nitrogens with one attached hydrogen (secondary N) is 1. The normalized spacial score (nSPS) is 15.1. The third-order valence-electron chi connectivity index (χ3n) is 6.06. The van der Waals surface area contributed by atoms with E-state index in [-0.39, 0.29) is 17.5 Å². The molecule has 1 aliphatic heterocycles. The lowest BCUT2D eigenvalue weighted by Crippen LogP contribution is -2.12. The Balaban J connectivity index is 1.58. The predicted octanol–water partition coefficient (Wildman–Crippen LogP) is 6.83. The quantitative estimate of drug-likeness (QED) is 0.318. The number of halogens is 2. The number of hydrogen-bond acceptors (Lipinski definition) is 3. The molecule has 1 amide bonds. The van der Waals surface area contributed by atoms with Gasteiger partial charge in [-0.3, -0.25) is 9.78 Å². The number of rotatable bonds is 2. The number of anilines is 2. The molecule has 4 aromatic rings. The van der Waals surface area contributed by atoms with Crippen molar-refractivity contribution in [2.45, 2.75) is 19.3 Å². The first kappa shape index (κ1) is 22.5. The van der Waals surface area contributed by atoms with Gasteiger partial charge >= 0.3 is 0 Å². The van der Waals surface area contributed by atoms with Gasteiger partial charge in [0, 0.05) is 46.3 Å². The number of carbonyl (C=O) groups excluding carboxylic acids is 1. The molecule has 1 aliphatic rings. The number of hydrogen-bond donors (Lipinski definition) is 2. The maximum atomic E-state index is 14.1. The first-order chi connectivity index (χ1) is 17.0. The highest BCUT2D eigenvalue weighted by Crippen LogP contribution is 2.34. The Morgan fingerprint density at radius 1 is 0.829 bits per heavy atom. The topological polar surface area (TPSA) is 68.0 Å². The van der Waals surface area contributed by atoms with Crippen LogP contribution in [0.1, 0.15) is 30.5 Å². The van der Waals surface area contributed by atoms with Crippen molar-refractivity contribution in [1.29, 1.82) is 0 Å². The average Bonchev–Trinajstić information content (AvgIpc) is 2.86. The van der Waals surface area contributed by atoms with Crippen molar-refractivity contribution in [3.63, 3.8) is 0 Å². The molecule has 0 aliphatic carbocycles. The standard InChI is InChI=1S/C29H23F2N3O/c30-21-9-11-26(32)24(15-21)20-8-12-27(33-17-20)23-6-1-2-7-29(35)34-28-13-10-22(31)16-25(28)19-5-3-4-18(23)14-19/h3-6,8-17H,1-2,7,32H2,(H,34,35)/b23-6+. The molecule has 3 N–H and O–H groups in total. The van der Waals surface area contributed by atoms with Crippen LogP contribution in [0.3, 0.4) is 0 Å². The number of pyridine rings is 1. The van der Waals surface area contributed by atoms with E-state index in [2.05, 4.69) is 16.4 Å². The number of nitrogens with zero attached hydrogens (tertiary/aromatic N) is 1. The first-order valence-electron chi connectivity index (χ1n) is 11.4. The van der Waals surface area contributed by atoms with E-state index in [0.717, 1.165) is 22.4 Å². The number of carbonyl (C=O) groups is 1. The fourth-order valence-electron chi connectivity index (χ4n) is 4.30. The van der Waals surface area contributed by atoms with E-state index in [4.69, 9.17) is 5.73 Å². The summed E-state index contributed by atoms with van der Waals surface area (Å²) in [7, 11) is 0. The minimum atomic E-state index is -0.375. The van der Waals surface area contributed by atoms with Crippen molar-refractivity contribution in [3.8, 4) is 22.3 Å². The van der Waals surface area contributed by atoms with Gasteiger partial charge in [0.15, 0.2) is 0 Å². The zero-order chi connectivity index (χ0) is 24.4. The van der Waals surface area contributed by atoms with Crippen LogP contribution in [0, 0.1) is 11.6 Å². The fourth-order valence-corrected chi connectivity index (χ4v) is 4.30. The fraction of sp³-hybridized carbons (Fsp3) is 0.103. The van der Waals surface area contributed by atoms with Gasteiger partial charge in [-0.1, -0.05) is 30.3 Å². The van der Waals surface area contributed by atoms with Gasteiger partial charge in [-0.25, -0.2) is 8.78 Å². The SMILES string of the molecule is Nc1ccc(F)cc1-c1ccc(/C2=C/CCCC(=O)Nc3ccc(F)cc3-c3cccc2c3)nc1. The van der Waals surface area contributed by atoms with Crippen LogP contribution < -0.4 is 11.1 Å². The van der Waals surface area contributed by atoms with Crippen LogP contribution >= 0.6 is 0 Å².